The number of carbonyl (C=O) groups excluding carboxylic acids is 1. The first-order valence-electron chi connectivity index (χ1n) is 7.94. The second-order valence-electron chi connectivity index (χ2n) is 6.81. The molecule has 3 N–H and O–H groups in total. The van der Waals surface area contributed by atoms with Gasteiger partial charge in [0.05, 0.1) is 22.5 Å². The van der Waals surface area contributed by atoms with Gasteiger partial charge in [0.2, 0.25) is 0 Å². The fraction of sp³-hybridized carbons (Fsp3) is 0.333. The second-order valence-corrected chi connectivity index (χ2v) is 6.81. The number of rotatable bonds is 2. The summed E-state index contributed by atoms with van der Waals surface area (Å²) >= 11 is 0. The number of guanidine groups is 1. The summed E-state index contributed by atoms with van der Waals surface area (Å²) in [6, 6.07) is 7.66. The van der Waals surface area contributed by atoms with Crippen molar-refractivity contribution in [2.45, 2.75) is 34.6 Å². The number of aryl methyl sites for hydroxylation is 2. The molecule has 1 aromatic heterocycles. The summed E-state index contributed by atoms with van der Waals surface area (Å²) in [5.74, 6) is 0.137. The Morgan fingerprint density at radius 1 is 1.08 bits per heavy atom. The van der Waals surface area contributed by atoms with E-state index >= 15 is 0 Å². The van der Waals surface area contributed by atoms with Gasteiger partial charge in [-0.25, -0.2) is 14.7 Å². The number of hydrogen-bond acceptors (Lipinski definition) is 3. The summed E-state index contributed by atoms with van der Waals surface area (Å²) in [7, 11) is 0. The van der Waals surface area contributed by atoms with Crippen molar-refractivity contribution < 1.29 is 14.2 Å². The van der Waals surface area contributed by atoms with Crippen molar-refractivity contribution in [3.8, 4) is 0 Å². The third-order valence-electron chi connectivity index (χ3n) is 3.25. The zero-order valence-corrected chi connectivity index (χ0v) is 15.1. The summed E-state index contributed by atoms with van der Waals surface area (Å²) in [6.45, 7) is 9.16. The summed E-state index contributed by atoms with van der Waals surface area (Å²) < 4.78 is 13.1. The van der Waals surface area contributed by atoms with Gasteiger partial charge in [-0.15, -0.1) is 9.97 Å². The van der Waals surface area contributed by atoms with Gasteiger partial charge in [-0.3, -0.25) is 10.1 Å². The van der Waals surface area contributed by atoms with Crippen LogP contribution in [0.3, 0.4) is 0 Å². The number of benzene rings is 1. The van der Waals surface area contributed by atoms with Crippen molar-refractivity contribution in [3.05, 3.63) is 47.5 Å². The molecule has 0 unspecified atom stereocenters. The summed E-state index contributed by atoms with van der Waals surface area (Å²) in [5, 5.41) is 5.81. The highest BCUT2D eigenvalue weighted by Crippen LogP contribution is 2.12. The molecule has 7 heteroatoms. The monoisotopic (exact) mass is 344 g/mol. The van der Waals surface area contributed by atoms with E-state index in [1.807, 2.05) is 40.7 Å². The minimum Gasteiger partial charge on any atom is -0.277 e. The van der Waals surface area contributed by atoms with Gasteiger partial charge < -0.3 is 0 Å². The first-order chi connectivity index (χ1) is 11.6. The van der Waals surface area contributed by atoms with Crippen molar-refractivity contribution in [3.63, 3.8) is 0 Å². The normalized spacial score (nSPS) is 12.0. The third kappa shape index (κ3) is 5.63. The van der Waals surface area contributed by atoms with Crippen LogP contribution in [0, 0.1) is 25.1 Å². The SMILES string of the molecule is Cc1cc(C)nc([NH+]=C(NC(=O)C(C)(C)C)Nc2ccc(F)cc2)n1. The molecule has 0 saturated heterocycles. The Balaban J connectivity index is 2.35. The largest absolute Gasteiger partial charge is 0.354 e. The van der Waals surface area contributed by atoms with E-state index < -0.39 is 5.41 Å². The van der Waals surface area contributed by atoms with Gasteiger partial charge in [-0.2, -0.15) is 0 Å². The lowest BCUT2D eigenvalue weighted by Gasteiger charge is -2.16. The fourth-order valence-corrected chi connectivity index (χ4v) is 1.97. The molecular formula is C18H23FN5O+. The van der Waals surface area contributed by atoms with Crippen LogP contribution in [0.2, 0.25) is 0 Å². The minimum absolute atomic E-state index is 0.186. The Labute approximate surface area is 146 Å². The Bertz CT molecular complexity index is 774. The van der Waals surface area contributed by atoms with E-state index in [0.29, 0.717) is 17.6 Å². The van der Waals surface area contributed by atoms with E-state index in [1.54, 1.807) is 12.1 Å². The Morgan fingerprint density at radius 2 is 1.64 bits per heavy atom. The first-order valence-corrected chi connectivity index (χ1v) is 7.94. The molecule has 0 aliphatic carbocycles. The quantitative estimate of drug-likeness (QED) is 0.571. The lowest BCUT2D eigenvalue weighted by Crippen LogP contribution is -2.74. The predicted molar refractivity (Wildman–Crippen MR) is 94.8 cm³/mol. The van der Waals surface area contributed by atoms with Crippen LogP contribution in [0.1, 0.15) is 32.2 Å². The first kappa shape index (κ1) is 18.5. The van der Waals surface area contributed by atoms with Crippen LogP contribution in [-0.2, 0) is 4.79 Å². The van der Waals surface area contributed by atoms with Gasteiger partial charge in [0.25, 0.3) is 11.9 Å². The number of hydrogen-bond donors (Lipinski definition) is 3. The highest BCUT2D eigenvalue weighted by molar-refractivity contribution is 6.02. The molecule has 0 spiro atoms. The molecule has 0 fully saturated rings. The van der Waals surface area contributed by atoms with Gasteiger partial charge in [0.15, 0.2) is 0 Å². The topological polar surface area (TPSA) is 80.9 Å². The van der Waals surface area contributed by atoms with Crippen LogP contribution < -0.4 is 15.6 Å². The summed E-state index contributed by atoms with van der Waals surface area (Å²) in [6.07, 6.45) is 0. The lowest BCUT2D eigenvalue weighted by atomic mass is 9.96. The number of nitrogens with one attached hydrogen (secondary N) is 3. The van der Waals surface area contributed by atoms with Gasteiger partial charge in [0.1, 0.15) is 5.82 Å². The molecule has 25 heavy (non-hydrogen) atoms. The van der Waals surface area contributed by atoms with E-state index in [1.165, 1.54) is 12.1 Å². The standard InChI is InChI=1S/C18H22FN5O/c1-11-10-12(2)21-16(20-11)24-17(23-15(25)18(3,4)5)22-14-8-6-13(19)7-9-14/h6-10H,1-5H3,(H2,20,21,22,23,24,25)/p+1. The number of aromatic nitrogens is 2. The Hall–Kier alpha value is -2.83. The van der Waals surface area contributed by atoms with Crippen molar-refractivity contribution in [1.82, 2.24) is 15.3 Å². The van der Waals surface area contributed by atoms with E-state index in [0.717, 1.165) is 11.4 Å². The molecule has 0 saturated carbocycles. The second kappa shape index (κ2) is 7.38. The van der Waals surface area contributed by atoms with E-state index in [-0.39, 0.29) is 11.7 Å². The third-order valence-corrected chi connectivity index (χ3v) is 3.25. The number of amides is 1. The van der Waals surface area contributed by atoms with E-state index in [9.17, 15) is 9.18 Å². The van der Waals surface area contributed by atoms with Crippen molar-refractivity contribution in [2.24, 2.45) is 5.41 Å². The van der Waals surface area contributed by atoms with Crippen LogP contribution in [0.25, 0.3) is 0 Å². The molecule has 2 aromatic rings. The molecule has 2 rings (SSSR count). The van der Waals surface area contributed by atoms with Crippen molar-refractivity contribution in [2.75, 3.05) is 5.32 Å². The van der Waals surface area contributed by atoms with Crippen LogP contribution in [0.15, 0.2) is 30.3 Å². The fourth-order valence-electron chi connectivity index (χ4n) is 1.97. The van der Waals surface area contributed by atoms with Crippen LogP contribution >= 0.6 is 0 Å². The molecule has 1 amide bonds. The predicted octanol–water partition coefficient (Wildman–Crippen LogP) is 1.58. The molecule has 0 atom stereocenters. The minimum atomic E-state index is -0.583. The number of nitrogens with zero attached hydrogens (tertiary/aromatic N) is 2. The molecule has 132 valence electrons. The summed E-state index contributed by atoms with van der Waals surface area (Å²) in [5.41, 5.74) is 1.64. The molecule has 0 aliphatic rings. The molecule has 6 nitrogen and oxygen atoms in total. The maximum absolute atomic E-state index is 13.1. The number of halogens is 1. The van der Waals surface area contributed by atoms with Crippen molar-refractivity contribution >= 4 is 23.5 Å². The Morgan fingerprint density at radius 3 is 2.16 bits per heavy atom. The van der Waals surface area contributed by atoms with Gasteiger partial charge in [-0.05, 0) is 38.1 Å². The van der Waals surface area contributed by atoms with Crippen LogP contribution in [-0.4, -0.2) is 21.8 Å². The zero-order chi connectivity index (χ0) is 18.6. The summed E-state index contributed by atoms with van der Waals surface area (Å²) in [4.78, 5) is 23.9. The molecule has 0 aliphatic heterocycles. The smallest absolute Gasteiger partial charge is 0.277 e. The van der Waals surface area contributed by atoms with Crippen molar-refractivity contribution in [1.29, 1.82) is 0 Å². The van der Waals surface area contributed by atoms with Gasteiger partial charge in [0, 0.05) is 6.07 Å². The molecule has 0 bridgehead atoms. The maximum atomic E-state index is 13.1. The van der Waals surface area contributed by atoms with E-state index in [2.05, 4.69) is 25.6 Å². The lowest BCUT2D eigenvalue weighted by molar-refractivity contribution is -0.366. The highest BCUT2D eigenvalue weighted by Gasteiger charge is 2.25. The molecular weight excluding hydrogens is 321 g/mol. The van der Waals surface area contributed by atoms with Crippen LogP contribution in [0.4, 0.5) is 16.0 Å². The molecule has 1 aromatic carbocycles. The number of anilines is 1. The zero-order valence-electron chi connectivity index (χ0n) is 15.1. The molecule has 1 heterocycles. The highest BCUT2D eigenvalue weighted by atomic mass is 19.1. The Kier molecular flexibility index (Phi) is 5.46. The molecule has 0 radical (unpaired) electrons. The maximum Gasteiger partial charge on any atom is 0.354 e. The average Bonchev–Trinajstić information content (AvgIpc) is 2.47. The van der Waals surface area contributed by atoms with E-state index in [4.69, 9.17) is 0 Å². The van der Waals surface area contributed by atoms with Gasteiger partial charge >= 0.3 is 5.95 Å². The van der Waals surface area contributed by atoms with Gasteiger partial charge in [-0.1, -0.05) is 20.8 Å². The number of carbonyl (C=O) groups is 1. The van der Waals surface area contributed by atoms with Crippen LogP contribution in [0.5, 0.6) is 0 Å². The average molecular weight is 344 g/mol.